The van der Waals surface area contributed by atoms with E-state index in [1.165, 1.54) is 0 Å². The van der Waals surface area contributed by atoms with Gasteiger partial charge < -0.3 is 21.1 Å². The third-order valence-electron chi connectivity index (χ3n) is 5.13. The van der Waals surface area contributed by atoms with Gasteiger partial charge in [0.1, 0.15) is 17.2 Å². The molecule has 0 aliphatic heterocycles. The highest BCUT2D eigenvalue weighted by molar-refractivity contribution is 14.1. The zero-order chi connectivity index (χ0) is 22.4. The Hall–Kier alpha value is -1.84. The molecule has 1 unspecified atom stereocenters. The Bertz CT molecular complexity index is 751. The fourth-order valence-electron chi connectivity index (χ4n) is 3.62. The number of nitrogens with two attached hydrogens (primary N) is 1. The number of primary amides is 1. The smallest absolute Gasteiger partial charge is 0.408 e. The molecule has 1 saturated carbocycles. The molecule has 1 aromatic rings. The predicted molar refractivity (Wildman–Crippen MR) is 124 cm³/mol. The van der Waals surface area contributed by atoms with Gasteiger partial charge in [-0.3, -0.25) is 9.59 Å². The average Bonchev–Trinajstić information content (AvgIpc) is 2.87. The molecule has 1 aromatic carbocycles. The summed E-state index contributed by atoms with van der Waals surface area (Å²) in [5.74, 6) is -0.993. The van der Waals surface area contributed by atoms with E-state index in [9.17, 15) is 14.4 Å². The van der Waals surface area contributed by atoms with Crippen LogP contribution in [0, 0.1) is 3.57 Å². The van der Waals surface area contributed by atoms with E-state index in [0.29, 0.717) is 19.3 Å². The highest BCUT2D eigenvalue weighted by Crippen LogP contribution is 2.28. The van der Waals surface area contributed by atoms with Gasteiger partial charge in [0.25, 0.3) is 0 Å². The maximum absolute atomic E-state index is 13.3. The number of nitrogens with one attached hydrogen (secondary N) is 2. The van der Waals surface area contributed by atoms with Crippen LogP contribution in [0.2, 0.25) is 0 Å². The third-order valence-corrected chi connectivity index (χ3v) is 5.85. The molecule has 0 saturated heterocycles. The molecule has 166 valence electrons. The molecule has 0 heterocycles. The van der Waals surface area contributed by atoms with E-state index < -0.39 is 29.2 Å². The minimum absolute atomic E-state index is 0.292. The maximum Gasteiger partial charge on any atom is 0.408 e. The topological polar surface area (TPSA) is 111 Å². The van der Waals surface area contributed by atoms with Crippen LogP contribution in [0.15, 0.2) is 24.3 Å². The van der Waals surface area contributed by atoms with E-state index in [0.717, 1.165) is 34.8 Å². The SMILES string of the molecule is CC(C)(C)OC(=O)NC1(C(=O)NC(Cc2ccc(I)cc2)C(N)=O)CCCCCC1. The van der Waals surface area contributed by atoms with Gasteiger partial charge in [0, 0.05) is 9.99 Å². The molecule has 8 heteroatoms. The second-order valence-electron chi connectivity index (χ2n) is 8.88. The molecule has 7 nitrogen and oxygen atoms in total. The van der Waals surface area contributed by atoms with Crippen molar-refractivity contribution in [3.05, 3.63) is 33.4 Å². The number of hydrogen-bond donors (Lipinski definition) is 3. The number of benzene rings is 1. The standard InChI is InChI=1S/C22H32IN3O4/c1-21(2,3)30-20(29)26-22(12-6-4-5-7-13-22)19(28)25-17(18(24)27)14-15-8-10-16(23)11-9-15/h8-11,17H,4-7,12-14H2,1-3H3,(H2,24,27)(H,25,28)(H,26,29). The summed E-state index contributed by atoms with van der Waals surface area (Å²) in [7, 11) is 0. The van der Waals surface area contributed by atoms with Gasteiger partial charge in [0.15, 0.2) is 0 Å². The quantitative estimate of drug-likeness (QED) is 0.388. The first-order chi connectivity index (χ1) is 14.0. The Kier molecular flexibility index (Phi) is 8.52. The van der Waals surface area contributed by atoms with Crippen LogP contribution >= 0.6 is 22.6 Å². The molecule has 0 radical (unpaired) electrons. The molecule has 1 fully saturated rings. The Morgan fingerprint density at radius 3 is 2.17 bits per heavy atom. The Morgan fingerprint density at radius 2 is 1.67 bits per heavy atom. The number of alkyl carbamates (subject to hydrolysis) is 1. The molecule has 0 aromatic heterocycles. The van der Waals surface area contributed by atoms with Crippen molar-refractivity contribution in [1.82, 2.24) is 10.6 Å². The zero-order valence-corrected chi connectivity index (χ0v) is 20.1. The first-order valence-corrected chi connectivity index (χ1v) is 11.4. The van der Waals surface area contributed by atoms with Crippen molar-refractivity contribution >= 4 is 40.5 Å². The maximum atomic E-state index is 13.3. The second kappa shape index (κ2) is 10.5. The van der Waals surface area contributed by atoms with Crippen molar-refractivity contribution in [3.63, 3.8) is 0 Å². The molecule has 3 amide bonds. The van der Waals surface area contributed by atoms with E-state index in [1.807, 2.05) is 24.3 Å². The first-order valence-electron chi connectivity index (χ1n) is 10.4. The zero-order valence-electron chi connectivity index (χ0n) is 17.9. The van der Waals surface area contributed by atoms with Gasteiger partial charge in [-0.05, 0) is 73.9 Å². The highest BCUT2D eigenvalue weighted by Gasteiger charge is 2.42. The van der Waals surface area contributed by atoms with Crippen LogP contribution in [0.5, 0.6) is 0 Å². The normalized spacial score (nSPS) is 17.3. The van der Waals surface area contributed by atoms with E-state index in [2.05, 4.69) is 33.2 Å². The largest absolute Gasteiger partial charge is 0.444 e. The Labute approximate surface area is 192 Å². The molecule has 1 atom stereocenters. The average molecular weight is 529 g/mol. The van der Waals surface area contributed by atoms with E-state index in [-0.39, 0.29) is 5.91 Å². The van der Waals surface area contributed by atoms with Crippen LogP contribution in [0.25, 0.3) is 0 Å². The monoisotopic (exact) mass is 529 g/mol. The molecule has 30 heavy (non-hydrogen) atoms. The minimum Gasteiger partial charge on any atom is -0.444 e. The lowest BCUT2D eigenvalue weighted by Gasteiger charge is -2.34. The summed E-state index contributed by atoms with van der Waals surface area (Å²) in [6.45, 7) is 5.32. The lowest BCUT2D eigenvalue weighted by Crippen LogP contribution is -2.62. The van der Waals surface area contributed by atoms with Crippen LogP contribution in [0.1, 0.15) is 64.9 Å². The number of halogens is 1. The van der Waals surface area contributed by atoms with Gasteiger partial charge in [-0.25, -0.2) is 4.79 Å². The lowest BCUT2D eigenvalue weighted by atomic mass is 9.88. The van der Waals surface area contributed by atoms with Crippen LogP contribution in [-0.4, -0.2) is 35.1 Å². The van der Waals surface area contributed by atoms with E-state index in [4.69, 9.17) is 10.5 Å². The molecule has 1 aliphatic rings. The summed E-state index contributed by atoms with van der Waals surface area (Å²) >= 11 is 2.20. The Morgan fingerprint density at radius 1 is 1.10 bits per heavy atom. The summed E-state index contributed by atoms with van der Waals surface area (Å²) in [6.07, 6.45) is 4.25. The van der Waals surface area contributed by atoms with Crippen LogP contribution < -0.4 is 16.4 Å². The molecule has 2 rings (SSSR count). The fraction of sp³-hybridized carbons (Fsp3) is 0.591. The van der Waals surface area contributed by atoms with Crippen molar-refractivity contribution in [2.24, 2.45) is 5.73 Å². The van der Waals surface area contributed by atoms with Crippen molar-refractivity contribution < 1.29 is 19.1 Å². The van der Waals surface area contributed by atoms with Crippen molar-refractivity contribution in [2.45, 2.75) is 82.9 Å². The van der Waals surface area contributed by atoms with Crippen LogP contribution in [0.3, 0.4) is 0 Å². The van der Waals surface area contributed by atoms with Crippen molar-refractivity contribution in [3.8, 4) is 0 Å². The van der Waals surface area contributed by atoms with Gasteiger partial charge in [-0.15, -0.1) is 0 Å². The van der Waals surface area contributed by atoms with Gasteiger partial charge in [0.05, 0.1) is 0 Å². The summed E-state index contributed by atoms with van der Waals surface area (Å²) in [4.78, 5) is 37.9. The molecule has 4 N–H and O–H groups in total. The number of rotatable bonds is 6. The molecule has 0 bridgehead atoms. The second-order valence-corrected chi connectivity index (χ2v) is 10.1. The van der Waals surface area contributed by atoms with E-state index in [1.54, 1.807) is 20.8 Å². The first kappa shape index (κ1) is 24.4. The summed E-state index contributed by atoms with van der Waals surface area (Å²) in [5, 5.41) is 5.62. The third kappa shape index (κ3) is 7.45. The lowest BCUT2D eigenvalue weighted by molar-refractivity contribution is -0.132. The van der Waals surface area contributed by atoms with Gasteiger partial charge in [-0.2, -0.15) is 0 Å². The number of amides is 3. The minimum atomic E-state index is -1.11. The fourth-order valence-corrected chi connectivity index (χ4v) is 3.97. The molecular weight excluding hydrogens is 497 g/mol. The van der Waals surface area contributed by atoms with Crippen molar-refractivity contribution in [2.75, 3.05) is 0 Å². The van der Waals surface area contributed by atoms with Crippen molar-refractivity contribution in [1.29, 1.82) is 0 Å². The summed E-state index contributed by atoms with van der Waals surface area (Å²) in [6, 6.07) is 6.83. The van der Waals surface area contributed by atoms with Gasteiger partial charge in [0.2, 0.25) is 11.8 Å². The number of carbonyl (C=O) groups is 3. The number of carbonyl (C=O) groups excluding carboxylic acids is 3. The van der Waals surface area contributed by atoms with Gasteiger partial charge >= 0.3 is 6.09 Å². The summed E-state index contributed by atoms with van der Waals surface area (Å²) < 4.78 is 6.47. The van der Waals surface area contributed by atoms with Crippen LogP contribution in [-0.2, 0) is 20.7 Å². The number of hydrogen-bond acceptors (Lipinski definition) is 4. The molecule has 1 aliphatic carbocycles. The van der Waals surface area contributed by atoms with Gasteiger partial charge in [-0.1, -0.05) is 37.8 Å². The van der Waals surface area contributed by atoms with Crippen LogP contribution in [0.4, 0.5) is 4.79 Å². The predicted octanol–water partition coefficient (Wildman–Crippen LogP) is 3.42. The number of ether oxygens (including phenoxy) is 1. The molecule has 0 spiro atoms. The van der Waals surface area contributed by atoms with E-state index >= 15 is 0 Å². The highest BCUT2D eigenvalue weighted by atomic mass is 127. The summed E-state index contributed by atoms with van der Waals surface area (Å²) in [5.41, 5.74) is 4.70. The Balaban J connectivity index is 2.19. The molecular formula is C22H32IN3O4.